The maximum absolute atomic E-state index is 11.3. The molecule has 0 aliphatic rings. The number of carbonyl (C=O) groups is 1. The van der Waals surface area contributed by atoms with Gasteiger partial charge in [0.05, 0.1) is 0 Å². The topological polar surface area (TPSA) is 51.2 Å². The third-order valence-electron chi connectivity index (χ3n) is 1.23. The van der Waals surface area contributed by atoms with Gasteiger partial charge in [0.15, 0.2) is 5.13 Å². The predicted molar refractivity (Wildman–Crippen MR) is 56.7 cm³/mol. The third kappa shape index (κ3) is 3.74. The Bertz CT molecular complexity index is 328. The number of rotatable bonds is 1. The molecule has 0 aliphatic heterocycles. The molecule has 1 aromatic heterocycles. The smallest absolute Gasteiger partial charge is 0.413 e. The summed E-state index contributed by atoms with van der Waals surface area (Å²) in [6.07, 6.45) is 1.24. The largest absolute Gasteiger partial charge is 0.444 e. The van der Waals surface area contributed by atoms with Crippen LogP contribution < -0.4 is 5.32 Å². The highest BCUT2D eigenvalue weighted by Gasteiger charge is 2.16. The molecule has 0 spiro atoms. The van der Waals surface area contributed by atoms with E-state index in [1.165, 1.54) is 11.3 Å². The number of nitrogens with zero attached hydrogens (tertiary/aromatic N) is 1. The minimum Gasteiger partial charge on any atom is -0.444 e. The first-order valence-electron chi connectivity index (χ1n) is 4.29. The van der Waals surface area contributed by atoms with Crippen LogP contribution in [0.2, 0.25) is 0 Å². The molecule has 0 fully saturated rings. The van der Waals surface area contributed by atoms with Crippen LogP contribution in [-0.4, -0.2) is 16.7 Å². The maximum atomic E-state index is 11.3. The van der Waals surface area contributed by atoms with Crippen LogP contribution in [0.1, 0.15) is 25.6 Å². The molecule has 0 radical (unpaired) electrons. The molecule has 0 atom stereocenters. The number of thiazole rings is 1. The van der Waals surface area contributed by atoms with Crippen LogP contribution in [0.15, 0.2) is 6.20 Å². The lowest BCUT2D eigenvalue weighted by Crippen LogP contribution is -2.27. The number of hydrogen-bond acceptors (Lipinski definition) is 4. The molecule has 14 heavy (non-hydrogen) atoms. The van der Waals surface area contributed by atoms with E-state index in [0.29, 0.717) is 5.13 Å². The summed E-state index contributed by atoms with van der Waals surface area (Å²) in [6.45, 7) is 7.39. The maximum Gasteiger partial charge on any atom is 0.413 e. The van der Waals surface area contributed by atoms with E-state index in [9.17, 15) is 4.79 Å². The second kappa shape index (κ2) is 3.96. The Hall–Kier alpha value is -1.10. The average molecular weight is 214 g/mol. The van der Waals surface area contributed by atoms with Crippen molar-refractivity contribution in [2.45, 2.75) is 33.3 Å². The van der Waals surface area contributed by atoms with Crippen LogP contribution in [0.3, 0.4) is 0 Å². The van der Waals surface area contributed by atoms with Gasteiger partial charge in [0.25, 0.3) is 0 Å². The van der Waals surface area contributed by atoms with Gasteiger partial charge in [-0.15, -0.1) is 11.3 Å². The standard InChI is InChI=1S/C9H14N2O2S/c1-6-5-10-7(14-6)11-8(12)13-9(2,3)4/h5H,1-4H3,(H,10,11,12). The second-order valence-electron chi connectivity index (χ2n) is 3.90. The third-order valence-corrected chi connectivity index (χ3v) is 2.06. The molecule has 0 aromatic carbocycles. The molecule has 0 aliphatic carbocycles. The molecule has 1 amide bonds. The lowest BCUT2D eigenvalue weighted by Gasteiger charge is -2.18. The van der Waals surface area contributed by atoms with E-state index in [1.54, 1.807) is 6.20 Å². The Morgan fingerprint density at radius 2 is 2.21 bits per heavy atom. The Morgan fingerprint density at radius 3 is 2.64 bits per heavy atom. The summed E-state index contributed by atoms with van der Waals surface area (Å²) >= 11 is 1.42. The molecule has 0 saturated carbocycles. The monoisotopic (exact) mass is 214 g/mol. The van der Waals surface area contributed by atoms with Crippen molar-refractivity contribution in [1.29, 1.82) is 0 Å². The lowest BCUT2D eigenvalue weighted by atomic mass is 10.2. The molecular weight excluding hydrogens is 200 g/mol. The number of nitrogens with one attached hydrogen (secondary N) is 1. The fraction of sp³-hybridized carbons (Fsp3) is 0.556. The lowest BCUT2D eigenvalue weighted by molar-refractivity contribution is 0.0636. The summed E-state index contributed by atoms with van der Waals surface area (Å²) in [6, 6.07) is 0. The van der Waals surface area contributed by atoms with E-state index in [4.69, 9.17) is 4.74 Å². The number of ether oxygens (including phenoxy) is 1. The van der Waals surface area contributed by atoms with Crippen molar-refractivity contribution in [3.8, 4) is 0 Å². The van der Waals surface area contributed by atoms with Gasteiger partial charge in [0, 0.05) is 11.1 Å². The van der Waals surface area contributed by atoms with E-state index in [1.807, 2.05) is 27.7 Å². The Balaban J connectivity index is 2.50. The minimum atomic E-state index is -0.476. The first-order chi connectivity index (χ1) is 6.37. The molecule has 5 heteroatoms. The van der Waals surface area contributed by atoms with Crippen molar-refractivity contribution in [3.05, 3.63) is 11.1 Å². The Kier molecular flexibility index (Phi) is 3.10. The molecule has 0 unspecified atom stereocenters. The zero-order chi connectivity index (χ0) is 10.8. The molecule has 1 aromatic rings. The van der Waals surface area contributed by atoms with Gasteiger partial charge in [-0.25, -0.2) is 9.78 Å². The fourth-order valence-corrected chi connectivity index (χ4v) is 1.45. The van der Waals surface area contributed by atoms with Gasteiger partial charge in [-0.3, -0.25) is 5.32 Å². The van der Waals surface area contributed by atoms with E-state index < -0.39 is 11.7 Å². The molecule has 1 N–H and O–H groups in total. The summed E-state index contributed by atoms with van der Waals surface area (Å²) < 4.78 is 5.07. The quantitative estimate of drug-likeness (QED) is 0.782. The van der Waals surface area contributed by atoms with Crippen molar-refractivity contribution in [2.75, 3.05) is 5.32 Å². The van der Waals surface area contributed by atoms with Crippen molar-refractivity contribution < 1.29 is 9.53 Å². The van der Waals surface area contributed by atoms with Crippen molar-refractivity contribution >= 4 is 22.6 Å². The Morgan fingerprint density at radius 1 is 1.57 bits per heavy atom. The fourth-order valence-electron chi connectivity index (χ4n) is 0.803. The number of aryl methyl sites for hydroxylation is 1. The van der Waals surface area contributed by atoms with Crippen molar-refractivity contribution in [2.24, 2.45) is 0 Å². The average Bonchev–Trinajstić information content (AvgIpc) is 2.30. The van der Waals surface area contributed by atoms with E-state index in [-0.39, 0.29) is 0 Å². The molecular formula is C9H14N2O2S. The normalized spacial score (nSPS) is 11.1. The van der Waals surface area contributed by atoms with Gasteiger partial charge in [-0.05, 0) is 27.7 Å². The van der Waals surface area contributed by atoms with Crippen LogP contribution in [0.25, 0.3) is 0 Å². The van der Waals surface area contributed by atoms with Gasteiger partial charge < -0.3 is 4.74 Å². The van der Waals surface area contributed by atoms with Crippen LogP contribution >= 0.6 is 11.3 Å². The summed E-state index contributed by atoms with van der Waals surface area (Å²) in [5.41, 5.74) is -0.476. The van der Waals surface area contributed by atoms with Gasteiger partial charge in [0.1, 0.15) is 5.60 Å². The van der Waals surface area contributed by atoms with Crippen molar-refractivity contribution in [1.82, 2.24) is 4.98 Å². The summed E-state index contributed by atoms with van der Waals surface area (Å²) in [7, 11) is 0. The predicted octanol–water partition coefficient (Wildman–Crippen LogP) is 2.80. The molecule has 78 valence electrons. The van der Waals surface area contributed by atoms with Gasteiger partial charge in [-0.2, -0.15) is 0 Å². The molecule has 1 rings (SSSR count). The molecule has 1 heterocycles. The number of carbonyl (C=O) groups excluding carboxylic acids is 1. The zero-order valence-electron chi connectivity index (χ0n) is 8.75. The van der Waals surface area contributed by atoms with Crippen LogP contribution in [0.5, 0.6) is 0 Å². The van der Waals surface area contributed by atoms with E-state index in [0.717, 1.165) is 4.88 Å². The van der Waals surface area contributed by atoms with Crippen molar-refractivity contribution in [3.63, 3.8) is 0 Å². The Labute approximate surface area is 87.3 Å². The SMILES string of the molecule is Cc1cnc(NC(=O)OC(C)(C)C)s1. The first kappa shape index (κ1) is 11.0. The molecule has 4 nitrogen and oxygen atoms in total. The minimum absolute atomic E-state index is 0.466. The van der Waals surface area contributed by atoms with Crippen LogP contribution in [-0.2, 0) is 4.74 Å². The molecule has 0 saturated heterocycles. The summed E-state index contributed by atoms with van der Waals surface area (Å²) in [4.78, 5) is 16.3. The summed E-state index contributed by atoms with van der Waals surface area (Å²) in [5.74, 6) is 0. The van der Waals surface area contributed by atoms with Crippen LogP contribution in [0.4, 0.5) is 9.93 Å². The second-order valence-corrected chi connectivity index (χ2v) is 5.14. The number of aromatic nitrogens is 1. The first-order valence-corrected chi connectivity index (χ1v) is 5.11. The zero-order valence-corrected chi connectivity index (χ0v) is 9.57. The van der Waals surface area contributed by atoms with Crippen LogP contribution in [0, 0.1) is 6.92 Å². The highest BCUT2D eigenvalue weighted by molar-refractivity contribution is 7.15. The number of anilines is 1. The van der Waals surface area contributed by atoms with Gasteiger partial charge in [-0.1, -0.05) is 0 Å². The summed E-state index contributed by atoms with van der Waals surface area (Å²) in [5, 5.41) is 3.13. The highest BCUT2D eigenvalue weighted by atomic mass is 32.1. The van der Waals surface area contributed by atoms with E-state index >= 15 is 0 Å². The van der Waals surface area contributed by atoms with Gasteiger partial charge >= 0.3 is 6.09 Å². The molecule has 0 bridgehead atoms. The number of amides is 1. The van der Waals surface area contributed by atoms with Gasteiger partial charge in [0.2, 0.25) is 0 Å². The van der Waals surface area contributed by atoms with E-state index in [2.05, 4.69) is 10.3 Å². The number of hydrogen-bond donors (Lipinski definition) is 1. The highest BCUT2D eigenvalue weighted by Crippen LogP contribution is 2.17.